The number of aliphatic hydroxyl groups is 2. The minimum atomic E-state index is -0.489. The second-order valence-corrected chi connectivity index (χ2v) is 6.57. The zero-order valence-electron chi connectivity index (χ0n) is 14.3. The van der Waals surface area contributed by atoms with Crippen molar-refractivity contribution in [1.82, 2.24) is 14.7 Å². The molecule has 0 spiro atoms. The molecule has 1 saturated heterocycles. The number of hydrogen-bond acceptors (Lipinski definition) is 5. The Labute approximate surface area is 146 Å². The number of rotatable bonds is 6. The highest BCUT2D eigenvalue weighted by Crippen LogP contribution is 2.17. The number of likely N-dealkylation sites (tertiary alicyclic amines) is 1. The average molecular weight is 344 g/mol. The van der Waals surface area contributed by atoms with Crippen molar-refractivity contribution in [2.75, 3.05) is 25.0 Å². The molecule has 134 valence electrons. The lowest BCUT2D eigenvalue weighted by Crippen LogP contribution is -2.39. The third-order valence-electron chi connectivity index (χ3n) is 4.46. The summed E-state index contributed by atoms with van der Waals surface area (Å²) in [5.41, 5.74) is 2.29. The molecule has 25 heavy (non-hydrogen) atoms. The molecular formula is C18H24N4O3. The summed E-state index contributed by atoms with van der Waals surface area (Å²) in [7, 11) is 0. The van der Waals surface area contributed by atoms with E-state index in [9.17, 15) is 15.0 Å². The predicted molar refractivity (Wildman–Crippen MR) is 94.2 cm³/mol. The van der Waals surface area contributed by atoms with Gasteiger partial charge >= 0.3 is 0 Å². The fourth-order valence-corrected chi connectivity index (χ4v) is 3.26. The number of nitrogens with zero attached hydrogens (tertiary/aromatic N) is 3. The Morgan fingerprint density at radius 2 is 2.24 bits per heavy atom. The van der Waals surface area contributed by atoms with Crippen molar-refractivity contribution in [3.8, 4) is 0 Å². The molecule has 1 aliphatic rings. The Hall–Kier alpha value is -2.22. The monoisotopic (exact) mass is 344 g/mol. The predicted octanol–water partition coefficient (Wildman–Crippen LogP) is 0.606. The molecule has 0 saturated carbocycles. The molecule has 1 fully saturated rings. The summed E-state index contributed by atoms with van der Waals surface area (Å²) >= 11 is 0. The van der Waals surface area contributed by atoms with Gasteiger partial charge in [-0.2, -0.15) is 5.10 Å². The van der Waals surface area contributed by atoms with Crippen LogP contribution in [0.1, 0.15) is 17.5 Å². The van der Waals surface area contributed by atoms with Crippen molar-refractivity contribution >= 4 is 11.7 Å². The minimum Gasteiger partial charge on any atom is -0.395 e. The first-order valence-corrected chi connectivity index (χ1v) is 8.45. The first kappa shape index (κ1) is 17.6. The van der Waals surface area contributed by atoms with Crippen LogP contribution < -0.4 is 5.32 Å². The number of carbonyl (C=O) groups is 1. The van der Waals surface area contributed by atoms with Crippen LogP contribution in [-0.2, 0) is 11.3 Å². The molecule has 3 rings (SSSR count). The first-order chi connectivity index (χ1) is 12.0. The molecule has 2 atom stereocenters. The lowest BCUT2D eigenvalue weighted by atomic mass is 10.1. The number of carbonyl (C=O) groups excluding carboxylic acids is 1. The van der Waals surface area contributed by atoms with Gasteiger partial charge in [0.1, 0.15) is 5.82 Å². The first-order valence-electron chi connectivity index (χ1n) is 8.45. The van der Waals surface area contributed by atoms with Crippen molar-refractivity contribution in [2.24, 2.45) is 0 Å². The fraction of sp³-hybridized carbons (Fsp3) is 0.444. The molecule has 0 bridgehead atoms. The zero-order valence-corrected chi connectivity index (χ0v) is 14.3. The highest BCUT2D eigenvalue weighted by atomic mass is 16.3. The highest BCUT2D eigenvalue weighted by molar-refractivity contribution is 5.91. The number of hydrogen-bond donors (Lipinski definition) is 3. The molecule has 1 aromatic carbocycles. The number of aliphatic hydroxyl groups excluding tert-OH is 2. The van der Waals surface area contributed by atoms with Crippen LogP contribution in [0.15, 0.2) is 36.5 Å². The molecular weight excluding hydrogens is 320 g/mol. The smallest absolute Gasteiger partial charge is 0.239 e. The molecule has 7 heteroatoms. The van der Waals surface area contributed by atoms with Gasteiger partial charge in [-0.05, 0) is 18.9 Å². The van der Waals surface area contributed by atoms with Gasteiger partial charge < -0.3 is 15.5 Å². The van der Waals surface area contributed by atoms with Crippen molar-refractivity contribution in [3.63, 3.8) is 0 Å². The maximum absolute atomic E-state index is 12.3. The molecule has 7 nitrogen and oxygen atoms in total. The van der Waals surface area contributed by atoms with Crippen molar-refractivity contribution in [1.29, 1.82) is 0 Å². The third kappa shape index (κ3) is 4.45. The summed E-state index contributed by atoms with van der Waals surface area (Å²) in [6.07, 6.45) is 1.66. The standard InChI is InChI=1S/C18H24N4O3/c1-13-3-2-4-14(7-13)9-22-17(5-6-19-22)20-18(25)11-21-10-16(24)8-15(21)12-23/h2-7,15-16,23-24H,8-12H2,1H3,(H,20,25)/t15-,16-/m0/s1. The number of benzene rings is 1. The lowest BCUT2D eigenvalue weighted by Gasteiger charge is -2.21. The van der Waals surface area contributed by atoms with E-state index < -0.39 is 6.10 Å². The van der Waals surface area contributed by atoms with E-state index in [-0.39, 0.29) is 25.1 Å². The second kappa shape index (κ2) is 7.77. The largest absolute Gasteiger partial charge is 0.395 e. The summed E-state index contributed by atoms with van der Waals surface area (Å²) in [5.74, 6) is 0.449. The summed E-state index contributed by atoms with van der Waals surface area (Å²) in [6.45, 7) is 3.10. The van der Waals surface area contributed by atoms with Crippen LogP contribution in [0.25, 0.3) is 0 Å². The van der Waals surface area contributed by atoms with Gasteiger partial charge in [-0.1, -0.05) is 29.8 Å². The lowest BCUT2D eigenvalue weighted by molar-refractivity contribution is -0.117. The van der Waals surface area contributed by atoms with Gasteiger partial charge in [0.05, 0.1) is 32.0 Å². The minimum absolute atomic E-state index is 0.0599. The Morgan fingerprint density at radius 3 is 3.00 bits per heavy atom. The van der Waals surface area contributed by atoms with Gasteiger partial charge in [0.15, 0.2) is 0 Å². The summed E-state index contributed by atoms with van der Waals surface area (Å²) in [6, 6.07) is 9.74. The van der Waals surface area contributed by atoms with Crippen LogP contribution in [0, 0.1) is 6.92 Å². The van der Waals surface area contributed by atoms with Crippen LogP contribution >= 0.6 is 0 Å². The number of aromatic nitrogens is 2. The van der Waals surface area contributed by atoms with E-state index >= 15 is 0 Å². The fourth-order valence-electron chi connectivity index (χ4n) is 3.26. The number of amides is 1. The third-order valence-corrected chi connectivity index (χ3v) is 4.46. The van der Waals surface area contributed by atoms with E-state index in [0.717, 1.165) is 5.56 Å². The Balaban J connectivity index is 1.62. The topological polar surface area (TPSA) is 90.6 Å². The number of β-amino-alcohol motifs (C(OH)–C–C–N with tert-alkyl or cyclic N) is 1. The number of nitrogens with one attached hydrogen (secondary N) is 1. The van der Waals surface area contributed by atoms with Crippen LogP contribution in [0.2, 0.25) is 0 Å². The van der Waals surface area contributed by atoms with E-state index in [1.54, 1.807) is 21.8 Å². The quantitative estimate of drug-likeness (QED) is 0.714. The molecule has 1 amide bonds. The van der Waals surface area contributed by atoms with Crippen LogP contribution in [0.3, 0.4) is 0 Å². The van der Waals surface area contributed by atoms with E-state index in [0.29, 0.717) is 25.3 Å². The van der Waals surface area contributed by atoms with E-state index in [4.69, 9.17) is 0 Å². The number of aryl methyl sites for hydroxylation is 1. The van der Waals surface area contributed by atoms with Crippen molar-refractivity contribution in [2.45, 2.75) is 32.0 Å². The number of anilines is 1. The summed E-state index contributed by atoms with van der Waals surface area (Å²) in [5, 5.41) is 26.2. The Bertz CT molecular complexity index is 731. The summed E-state index contributed by atoms with van der Waals surface area (Å²) in [4.78, 5) is 14.1. The van der Waals surface area contributed by atoms with Gasteiger partial charge in [-0.25, -0.2) is 4.68 Å². The molecule has 1 aliphatic heterocycles. The van der Waals surface area contributed by atoms with Gasteiger partial charge in [-0.15, -0.1) is 0 Å². The van der Waals surface area contributed by atoms with E-state index in [1.807, 2.05) is 25.1 Å². The van der Waals surface area contributed by atoms with Gasteiger partial charge in [0, 0.05) is 18.7 Å². The van der Waals surface area contributed by atoms with Crippen molar-refractivity contribution in [3.05, 3.63) is 47.7 Å². The molecule has 2 heterocycles. The summed E-state index contributed by atoms with van der Waals surface area (Å²) < 4.78 is 1.75. The van der Waals surface area contributed by atoms with E-state index in [2.05, 4.69) is 16.5 Å². The second-order valence-electron chi connectivity index (χ2n) is 6.57. The molecule has 0 aliphatic carbocycles. The average Bonchev–Trinajstić information content (AvgIpc) is 3.13. The Morgan fingerprint density at radius 1 is 1.40 bits per heavy atom. The molecule has 0 unspecified atom stereocenters. The Kier molecular flexibility index (Phi) is 5.47. The van der Waals surface area contributed by atoms with Crippen LogP contribution in [0.4, 0.5) is 5.82 Å². The SMILES string of the molecule is Cc1cccc(Cn2nccc2NC(=O)CN2C[C@@H](O)C[C@H]2CO)c1. The maximum Gasteiger partial charge on any atom is 0.239 e. The highest BCUT2D eigenvalue weighted by Gasteiger charge is 2.31. The maximum atomic E-state index is 12.3. The van der Waals surface area contributed by atoms with E-state index in [1.165, 1.54) is 5.56 Å². The molecule has 3 N–H and O–H groups in total. The molecule has 0 radical (unpaired) electrons. The van der Waals surface area contributed by atoms with Crippen LogP contribution in [0.5, 0.6) is 0 Å². The van der Waals surface area contributed by atoms with Gasteiger partial charge in [0.25, 0.3) is 0 Å². The van der Waals surface area contributed by atoms with Crippen molar-refractivity contribution < 1.29 is 15.0 Å². The molecule has 2 aromatic rings. The van der Waals surface area contributed by atoms with Crippen LogP contribution in [-0.4, -0.2) is 62.6 Å². The normalized spacial score (nSPS) is 20.8. The van der Waals surface area contributed by atoms with Gasteiger partial charge in [-0.3, -0.25) is 9.69 Å². The molecule has 1 aromatic heterocycles. The van der Waals surface area contributed by atoms with Gasteiger partial charge in [0.2, 0.25) is 5.91 Å². The zero-order chi connectivity index (χ0) is 17.8.